The van der Waals surface area contributed by atoms with Gasteiger partial charge in [-0.2, -0.15) is 11.8 Å². The molecule has 0 spiro atoms. The highest BCUT2D eigenvalue weighted by atomic mass is 35.5. The van der Waals surface area contributed by atoms with Crippen molar-refractivity contribution in [3.05, 3.63) is 28.8 Å². The Bertz CT molecular complexity index is 326. The molecule has 0 saturated heterocycles. The van der Waals surface area contributed by atoms with Crippen molar-refractivity contribution in [2.24, 2.45) is 5.92 Å². The molecular formula is C13H19ClOS. The molecule has 3 heteroatoms. The molecule has 0 amide bonds. The maximum atomic E-state index is 6.15. The Morgan fingerprint density at radius 1 is 1.38 bits per heavy atom. The fourth-order valence-corrected chi connectivity index (χ4v) is 2.09. The number of hydrogen-bond donors (Lipinski definition) is 0. The average Bonchev–Trinajstić information content (AvgIpc) is 2.21. The summed E-state index contributed by atoms with van der Waals surface area (Å²) >= 11 is 7.94. The predicted molar refractivity (Wildman–Crippen MR) is 73.6 cm³/mol. The molecule has 0 aliphatic rings. The zero-order valence-electron chi connectivity index (χ0n) is 10.1. The second kappa shape index (κ2) is 7.08. The van der Waals surface area contributed by atoms with Crippen LogP contribution in [0, 0.1) is 5.92 Å². The van der Waals surface area contributed by atoms with E-state index in [0.717, 1.165) is 29.6 Å². The monoisotopic (exact) mass is 258 g/mol. The molecule has 0 bridgehead atoms. The molecule has 1 rings (SSSR count). The van der Waals surface area contributed by atoms with Crippen LogP contribution in [0.4, 0.5) is 0 Å². The molecule has 0 saturated carbocycles. The van der Waals surface area contributed by atoms with Gasteiger partial charge in [-0.1, -0.05) is 31.5 Å². The lowest BCUT2D eigenvalue weighted by Gasteiger charge is -2.10. The molecule has 0 fully saturated rings. The van der Waals surface area contributed by atoms with Gasteiger partial charge in [0.1, 0.15) is 5.75 Å². The molecule has 0 heterocycles. The molecule has 0 atom stereocenters. The lowest BCUT2D eigenvalue weighted by Crippen LogP contribution is -2.01. The van der Waals surface area contributed by atoms with E-state index in [1.165, 1.54) is 5.56 Å². The molecule has 0 N–H and O–H groups in total. The molecule has 1 aromatic rings. The van der Waals surface area contributed by atoms with Crippen molar-refractivity contribution in [3.63, 3.8) is 0 Å². The number of halogens is 1. The summed E-state index contributed by atoms with van der Waals surface area (Å²) in [6.07, 6.45) is 3.14. The van der Waals surface area contributed by atoms with Crippen LogP contribution in [-0.2, 0) is 5.75 Å². The van der Waals surface area contributed by atoms with E-state index in [9.17, 15) is 0 Å². The summed E-state index contributed by atoms with van der Waals surface area (Å²) in [5.41, 5.74) is 1.24. The number of rotatable bonds is 6. The highest BCUT2D eigenvalue weighted by molar-refractivity contribution is 7.97. The lowest BCUT2D eigenvalue weighted by atomic mass is 10.1. The normalized spacial score (nSPS) is 10.8. The minimum atomic E-state index is 0.662. The highest BCUT2D eigenvalue weighted by Gasteiger charge is 2.03. The van der Waals surface area contributed by atoms with Crippen LogP contribution in [0.3, 0.4) is 0 Å². The Kier molecular flexibility index (Phi) is 6.07. The molecule has 0 aliphatic carbocycles. The Hall–Kier alpha value is -0.340. The molecule has 0 unspecified atom stereocenters. The number of thioether (sulfide) groups is 1. The predicted octanol–water partition coefficient (Wildman–Crippen LogP) is 4.63. The van der Waals surface area contributed by atoms with E-state index < -0.39 is 0 Å². The Labute approximate surface area is 108 Å². The number of benzene rings is 1. The van der Waals surface area contributed by atoms with Gasteiger partial charge < -0.3 is 4.74 Å². The summed E-state index contributed by atoms with van der Waals surface area (Å²) in [5, 5.41) is 0.718. The van der Waals surface area contributed by atoms with Gasteiger partial charge in [-0.05, 0) is 36.3 Å². The molecule has 1 aromatic carbocycles. The first-order chi connectivity index (χ1) is 7.63. The van der Waals surface area contributed by atoms with E-state index in [4.69, 9.17) is 16.3 Å². The Morgan fingerprint density at radius 3 is 2.69 bits per heavy atom. The van der Waals surface area contributed by atoms with Crippen LogP contribution in [0.15, 0.2) is 18.2 Å². The largest absolute Gasteiger partial charge is 0.492 e. The van der Waals surface area contributed by atoms with Gasteiger partial charge in [-0.25, -0.2) is 0 Å². The molecular weight excluding hydrogens is 240 g/mol. The minimum absolute atomic E-state index is 0.662. The Balaban J connectivity index is 2.54. The minimum Gasteiger partial charge on any atom is -0.492 e. The van der Waals surface area contributed by atoms with E-state index in [-0.39, 0.29) is 0 Å². The van der Waals surface area contributed by atoms with Crippen molar-refractivity contribution >= 4 is 23.4 Å². The lowest BCUT2D eigenvalue weighted by molar-refractivity contribution is 0.289. The first-order valence-corrected chi connectivity index (χ1v) is 7.31. The van der Waals surface area contributed by atoms with E-state index in [1.807, 2.05) is 12.1 Å². The highest BCUT2D eigenvalue weighted by Crippen LogP contribution is 2.27. The van der Waals surface area contributed by atoms with Crippen LogP contribution in [0.25, 0.3) is 0 Å². The average molecular weight is 259 g/mol. The van der Waals surface area contributed by atoms with Crippen LogP contribution in [0.2, 0.25) is 5.02 Å². The van der Waals surface area contributed by atoms with Crippen LogP contribution in [0.5, 0.6) is 5.75 Å². The first kappa shape index (κ1) is 13.7. The van der Waals surface area contributed by atoms with Crippen LogP contribution in [0.1, 0.15) is 25.8 Å². The second-order valence-electron chi connectivity index (χ2n) is 4.23. The van der Waals surface area contributed by atoms with E-state index in [1.54, 1.807) is 11.8 Å². The van der Waals surface area contributed by atoms with E-state index in [2.05, 4.69) is 26.2 Å². The van der Waals surface area contributed by atoms with Gasteiger partial charge in [0.15, 0.2) is 0 Å². The van der Waals surface area contributed by atoms with Crippen molar-refractivity contribution in [2.45, 2.75) is 26.0 Å². The smallest absolute Gasteiger partial charge is 0.137 e. The summed E-state index contributed by atoms with van der Waals surface area (Å²) < 4.78 is 5.64. The van der Waals surface area contributed by atoms with Gasteiger partial charge in [-0.15, -0.1) is 0 Å². The summed E-state index contributed by atoms with van der Waals surface area (Å²) in [5.74, 6) is 2.45. The summed E-state index contributed by atoms with van der Waals surface area (Å²) in [4.78, 5) is 0. The van der Waals surface area contributed by atoms with Crippen molar-refractivity contribution in [2.75, 3.05) is 12.9 Å². The summed E-state index contributed by atoms with van der Waals surface area (Å²) in [6.45, 7) is 5.11. The van der Waals surface area contributed by atoms with Crippen molar-refractivity contribution in [1.29, 1.82) is 0 Å². The first-order valence-electron chi connectivity index (χ1n) is 5.53. The van der Waals surface area contributed by atoms with Crippen LogP contribution >= 0.6 is 23.4 Å². The van der Waals surface area contributed by atoms with Crippen LogP contribution in [-0.4, -0.2) is 12.9 Å². The summed E-state index contributed by atoms with van der Waals surface area (Å²) in [7, 11) is 0. The molecule has 1 nitrogen and oxygen atoms in total. The molecule has 0 aliphatic heterocycles. The zero-order valence-corrected chi connectivity index (χ0v) is 11.7. The van der Waals surface area contributed by atoms with E-state index in [0.29, 0.717) is 5.92 Å². The van der Waals surface area contributed by atoms with Gasteiger partial charge in [-0.3, -0.25) is 0 Å². The van der Waals surface area contributed by atoms with Crippen molar-refractivity contribution in [3.8, 4) is 5.75 Å². The van der Waals surface area contributed by atoms with Crippen molar-refractivity contribution < 1.29 is 4.74 Å². The number of hydrogen-bond acceptors (Lipinski definition) is 2. The molecule has 0 radical (unpaired) electrons. The van der Waals surface area contributed by atoms with Gasteiger partial charge in [0, 0.05) is 5.75 Å². The standard InChI is InChI=1S/C13H19ClOS/c1-10(2)6-7-15-13-5-4-11(9-16-3)8-12(13)14/h4-5,8,10H,6-7,9H2,1-3H3. The maximum absolute atomic E-state index is 6.15. The third-order valence-corrected chi connectivity index (χ3v) is 3.18. The van der Waals surface area contributed by atoms with Gasteiger partial charge in [0.2, 0.25) is 0 Å². The van der Waals surface area contributed by atoms with Crippen molar-refractivity contribution in [1.82, 2.24) is 0 Å². The fourth-order valence-electron chi connectivity index (χ4n) is 1.32. The quantitative estimate of drug-likeness (QED) is 0.736. The van der Waals surface area contributed by atoms with E-state index >= 15 is 0 Å². The zero-order chi connectivity index (χ0) is 12.0. The molecule has 0 aromatic heterocycles. The fraction of sp³-hybridized carbons (Fsp3) is 0.538. The number of ether oxygens (including phenoxy) is 1. The van der Waals surface area contributed by atoms with Gasteiger partial charge in [0.25, 0.3) is 0 Å². The van der Waals surface area contributed by atoms with Crippen LogP contribution < -0.4 is 4.74 Å². The van der Waals surface area contributed by atoms with Gasteiger partial charge >= 0.3 is 0 Å². The SMILES string of the molecule is CSCc1ccc(OCCC(C)C)c(Cl)c1. The summed E-state index contributed by atoms with van der Waals surface area (Å²) in [6, 6.07) is 6.03. The molecule has 16 heavy (non-hydrogen) atoms. The maximum Gasteiger partial charge on any atom is 0.137 e. The van der Waals surface area contributed by atoms with Gasteiger partial charge in [0.05, 0.1) is 11.6 Å². The second-order valence-corrected chi connectivity index (χ2v) is 5.50. The molecule has 90 valence electrons. The topological polar surface area (TPSA) is 9.23 Å². The third kappa shape index (κ3) is 4.67. The Morgan fingerprint density at radius 2 is 2.12 bits per heavy atom. The third-order valence-electron chi connectivity index (χ3n) is 2.26.